The van der Waals surface area contributed by atoms with Gasteiger partial charge < -0.3 is 14.8 Å². The van der Waals surface area contributed by atoms with Gasteiger partial charge in [0.15, 0.2) is 11.5 Å². The molecule has 1 N–H and O–H groups in total. The van der Waals surface area contributed by atoms with Crippen LogP contribution >= 0.6 is 0 Å². The predicted octanol–water partition coefficient (Wildman–Crippen LogP) is 0.777. The molecule has 5 heteroatoms. The molecule has 0 aliphatic carbocycles. The zero-order valence-electron chi connectivity index (χ0n) is 9.49. The minimum atomic E-state index is -0.639. The van der Waals surface area contributed by atoms with E-state index in [-0.39, 0.29) is 0 Å². The molecule has 0 bridgehead atoms. The van der Waals surface area contributed by atoms with Crippen molar-refractivity contribution in [3.63, 3.8) is 0 Å². The summed E-state index contributed by atoms with van der Waals surface area (Å²) in [5, 5.41) is 2.30. The van der Waals surface area contributed by atoms with E-state index < -0.39 is 11.7 Å². The number of nitrogens with one attached hydrogen (secondary N) is 1. The van der Waals surface area contributed by atoms with Crippen molar-refractivity contribution in [2.24, 2.45) is 0 Å². The van der Waals surface area contributed by atoms with E-state index in [1.54, 1.807) is 12.1 Å². The van der Waals surface area contributed by atoms with Crippen LogP contribution in [0.15, 0.2) is 18.2 Å². The second-order valence-electron chi connectivity index (χ2n) is 3.62. The number of rotatable bonds is 2. The number of carbonyl (C=O) groups excluding carboxylic acids is 2. The number of hydrogen-bond acceptors (Lipinski definition) is 4. The van der Waals surface area contributed by atoms with E-state index in [9.17, 15) is 9.59 Å². The topological polar surface area (TPSA) is 64.6 Å². The maximum absolute atomic E-state index is 11.6. The first kappa shape index (κ1) is 11.4. The van der Waals surface area contributed by atoms with Crippen molar-refractivity contribution >= 4 is 11.7 Å². The van der Waals surface area contributed by atoms with Crippen LogP contribution in [0, 0.1) is 0 Å². The minimum absolute atomic E-state index is 0.300. The van der Waals surface area contributed by atoms with E-state index in [1.165, 1.54) is 13.1 Å². The molecule has 0 atom stereocenters. The number of likely N-dealkylation sites (N-methyl/N-ethyl adjacent to an activating group) is 1. The summed E-state index contributed by atoms with van der Waals surface area (Å²) in [7, 11) is 1.42. The van der Waals surface area contributed by atoms with Crippen LogP contribution in [0.3, 0.4) is 0 Å². The zero-order valence-corrected chi connectivity index (χ0v) is 9.49. The van der Waals surface area contributed by atoms with Crippen molar-refractivity contribution in [1.82, 2.24) is 5.32 Å². The molecule has 0 saturated heterocycles. The first-order valence-corrected chi connectivity index (χ1v) is 5.38. The Balaban J connectivity index is 2.29. The third-order valence-electron chi connectivity index (χ3n) is 2.44. The van der Waals surface area contributed by atoms with Crippen LogP contribution in [0.25, 0.3) is 0 Å². The Labute approximate surface area is 98.7 Å². The van der Waals surface area contributed by atoms with E-state index in [4.69, 9.17) is 9.47 Å². The Kier molecular flexibility index (Phi) is 3.27. The molecule has 0 saturated carbocycles. The van der Waals surface area contributed by atoms with Crippen molar-refractivity contribution in [3.05, 3.63) is 23.8 Å². The van der Waals surface area contributed by atoms with E-state index >= 15 is 0 Å². The van der Waals surface area contributed by atoms with Gasteiger partial charge >= 0.3 is 0 Å². The fraction of sp³-hybridized carbons (Fsp3) is 0.333. The second kappa shape index (κ2) is 4.86. The number of benzene rings is 1. The predicted molar refractivity (Wildman–Crippen MR) is 60.4 cm³/mol. The minimum Gasteiger partial charge on any atom is -0.490 e. The third kappa shape index (κ3) is 2.38. The van der Waals surface area contributed by atoms with Crippen LogP contribution in [-0.4, -0.2) is 32.0 Å². The molecular weight excluding hydrogens is 222 g/mol. The third-order valence-corrected chi connectivity index (χ3v) is 2.44. The SMILES string of the molecule is CNC(=O)C(=O)c1ccc2c(c1)OCCCO2. The number of carbonyl (C=O) groups is 2. The highest BCUT2D eigenvalue weighted by Crippen LogP contribution is 2.30. The summed E-state index contributed by atoms with van der Waals surface area (Å²) < 4.78 is 10.9. The maximum atomic E-state index is 11.6. The molecule has 0 spiro atoms. The van der Waals surface area contributed by atoms with E-state index in [0.717, 1.165) is 6.42 Å². The Hall–Kier alpha value is -2.04. The molecule has 0 aromatic heterocycles. The van der Waals surface area contributed by atoms with Gasteiger partial charge in [-0.05, 0) is 18.2 Å². The molecule has 2 rings (SSSR count). The molecule has 1 heterocycles. The Morgan fingerprint density at radius 1 is 1.18 bits per heavy atom. The molecular formula is C12H13NO4. The summed E-state index contributed by atoms with van der Waals surface area (Å²) >= 11 is 0. The molecule has 1 amide bonds. The highest BCUT2D eigenvalue weighted by atomic mass is 16.5. The lowest BCUT2D eigenvalue weighted by Crippen LogP contribution is -2.27. The van der Waals surface area contributed by atoms with Crippen LogP contribution in [0.1, 0.15) is 16.8 Å². The summed E-state index contributed by atoms with van der Waals surface area (Å²) in [5.74, 6) is -0.101. The number of ketones is 1. The Morgan fingerprint density at radius 2 is 1.88 bits per heavy atom. The molecule has 1 aliphatic rings. The zero-order chi connectivity index (χ0) is 12.3. The fourth-order valence-corrected chi connectivity index (χ4v) is 1.55. The Bertz CT molecular complexity index is 456. The highest BCUT2D eigenvalue weighted by Gasteiger charge is 2.18. The smallest absolute Gasteiger partial charge is 0.292 e. The van der Waals surface area contributed by atoms with Crippen LogP contribution in [0.5, 0.6) is 11.5 Å². The van der Waals surface area contributed by atoms with E-state index in [0.29, 0.717) is 30.3 Å². The first-order valence-electron chi connectivity index (χ1n) is 5.38. The van der Waals surface area contributed by atoms with Gasteiger partial charge in [-0.15, -0.1) is 0 Å². The van der Waals surface area contributed by atoms with Crippen LogP contribution < -0.4 is 14.8 Å². The summed E-state index contributed by atoms with van der Waals surface area (Å²) in [4.78, 5) is 22.9. The quantitative estimate of drug-likeness (QED) is 0.607. The number of hydrogen-bond donors (Lipinski definition) is 1. The maximum Gasteiger partial charge on any atom is 0.292 e. The van der Waals surface area contributed by atoms with Crippen LogP contribution in [-0.2, 0) is 4.79 Å². The number of amides is 1. The molecule has 5 nitrogen and oxygen atoms in total. The number of fused-ring (bicyclic) bond motifs is 1. The van der Waals surface area contributed by atoms with Gasteiger partial charge in [-0.25, -0.2) is 0 Å². The van der Waals surface area contributed by atoms with Gasteiger partial charge in [0.2, 0.25) is 5.78 Å². The van der Waals surface area contributed by atoms with Gasteiger partial charge in [0, 0.05) is 19.0 Å². The summed E-state index contributed by atoms with van der Waals surface area (Å²) in [5.41, 5.74) is 0.300. The number of Topliss-reactive ketones (excluding diaryl/α,β-unsaturated/α-hetero) is 1. The van der Waals surface area contributed by atoms with Crippen LogP contribution in [0.4, 0.5) is 0 Å². The lowest BCUT2D eigenvalue weighted by molar-refractivity contribution is -0.116. The van der Waals surface area contributed by atoms with Crippen LogP contribution in [0.2, 0.25) is 0 Å². The van der Waals surface area contributed by atoms with Crippen molar-refractivity contribution in [1.29, 1.82) is 0 Å². The number of ether oxygens (including phenoxy) is 2. The van der Waals surface area contributed by atoms with E-state index in [2.05, 4.69) is 5.32 Å². The molecule has 0 fully saturated rings. The largest absolute Gasteiger partial charge is 0.490 e. The van der Waals surface area contributed by atoms with E-state index in [1.807, 2.05) is 0 Å². The highest BCUT2D eigenvalue weighted by molar-refractivity contribution is 6.42. The van der Waals surface area contributed by atoms with Gasteiger partial charge in [0.05, 0.1) is 13.2 Å². The van der Waals surface area contributed by atoms with Crippen molar-refractivity contribution in [3.8, 4) is 11.5 Å². The van der Waals surface area contributed by atoms with Gasteiger partial charge in [0.25, 0.3) is 5.91 Å². The monoisotopic (exact) mass is 235 g/mol. The van der Waals surface area contributed by atoms with Crippen molar-refractivity contribution in [2.45, 2.75) is 6.42 Å². The van der Waals surface area contributed by atoms with Crippen molar-refractivity contribution < 1.29 is 19.1 Å². The summed E-state index contributed by atoms with van der Waals surface area (Å²) in [6, 6.07) is 4.75. The molecule has 90 valence electrons. The Morgan fingerprint density at radius 3 is 2.59 bits per heavy atom. The lowest BCUT2D eigenvalue weighted by atomic mass is 10.1. The molecule has 1 aliphatic heterocycles. The summed E-state index contributed by atoms with van der Waals surface area (Å²) in [6.07, 6.45) is 0.799. The molecule has 1 aromatic carbocycles. The normalized spacial score (nSPS) is 13.7. The molecule has 17 heavy (non-hydrogen) atoms. The average Bonchev–Trinajstić information content (AvgIpc) is 2.61. The standard InChI is InChI=1S/C12H13NO4/c1-13-12(15)11(14)8-3-4-9-10(7-8)17-6-2-5-16-9/h3-4,7H,2,5-6H2,1H3,(H,13,15). The van der Waals surface area contributed by atoms with Gasteiger partial charge in [-0.3, -0.25) is 9.59 Å². The fourth-order valence-electron chi connectivity index (χ4n) is 1.55. The average molecular weight is 235 g/mol. The first-order chi connectivity index (χ1) is 8.22. The van der Waals surface area contributed by atoms with Gasteiger partial charge in [-0.2, -0.15) is 0 Å². The summed E-state index contributed by atoms with van der Waals surface area (Å²) in [6.45, 7) is 1.14. The lowest BCUT2D eigenvalue weighted by Gasteiger charge is -2.08. The van der Waals surface area contributed by atoms with Gasteiger partial charge in [-0.1, -0.05) is 0 Å². The molecule has 0 radical (unpaired) electrons. The molecule has 1 aromatic rings. The van der Waals surface area contributed by atoms with Crippen molar-refractivity contribution in [2.75, 3.05) is 20.3 Å². The second-order valence-corrected chi connectivity index (χ2v) is 3.62. The van der Waals surface area contributed by atoms with Gasteiger partial charge in [0.1, 0.15) is 0 Å². The molecule has 0 unspecified atom stereocenters.